The number of thiazole rings is 1. The van der Waals surface area contributed by atoms with Crippen LogP contribution in [0.5, 0.6) is 23.0 Å². The first-order valence-corrected chi connectivity index (χ1v) is 11.5. The number of rotatable bonds is 11. The van der Waals surface area contributed by atoms with Gasteiger partial charge in [0.25, 0.3) is 5.91 Å². The Labute approximate surface area is 198 Å². The normalized spacial score (nSPS) is 10.7. The van der Waals surface area contributed by atoms with Gasteiger partial charge in [-0.25, -0.2) is 4.98 Å². The molecule has 0 spiro atoms. The quantitative estimate of drug-likeness (QED) is 0.391. The van der Waals surface area contributed by atoms with E-state index >= 15 is 0 Å². The van der Waals surface area contributed by atoms with Gasteiger partial charge in [-0.05, 0) is 36.2 Å². The van der Waals surface area contributed by atoms with Crippen LogP contribution in [0.4, 0.5) is 0 Å². The Bertz CT molecular complexity index is 1040. The Morgan fingerprint density at radius 2 is 1.73 bits per heavy atom. The molecule has 1 aromatic heterocycles. The molecule has 0 radical (unpaired) electrons. The number of methoxy groups -OCH3 is 3. The fourth-order valence-corrected chi connectivity index (χ4v) is 4.07. The van der Waals surface area contributed by atoms with Crippen LogP contribution in [-0.2, 0) is 13.2 Å². The number of ether oxygens (including phenoxy) is 4. The van der Waals surface area contributed by atoms with Crippen molar-refractivity contribution in [3.8, 4) is 23.0 Å². The molecule has 3 rings (SSSR count). The second kappa shape index (κ2) is 11.6. The zero-order chi connectivity index (χ0) is 23.8. The number of hydrogen-bond acceptors (Lipinski definition) is 7. The van der Waals surface area contributed by atoms with Crippen molar-refractivity contribution in [1.29, 1.82) is 0 Å². The summed E-state index contributed by atoms with van der Waals surface area (Å²) in [5, 5.41) is 2.76. The monoisotopic (exact) mass is 470 g/mol. The molecule has 0 saturated carbocycles. The van der Waals surface area contributed by atoms with Gasteiger partial charge in [0, 0.05) is 17.5 Å². The summed E-state index contributed by atoms with van der Waals surface area (Å²) in [7, 11) is 4.77. The standard InChI is InChI=1S/C25H30N2O5S/c1-17(2)13-27(25(28)18-8-6-9-20(12-18)29-3)14-19-16-33-23(26-19)15-32-24-21(30-4)10-7-11-22(24)31-5/h6-12,16-17H,13-15H2,1-5H3. The molecule has 0 aliphatic rings. The van der Waals surface area contributed by atoms with Gasteiger partial charge in [-0.3, -0.25) is 4.79 Å². The summed E-state index contributed by atoms with van der Waals surface area (Å²) < 4.78 is 22.0. The number of carbonyl (C=O) groups excluding carboxylic acids is 1. The molecule has 3 aromatic rings. The summed E-state index contributed by atoms with van der Waals surface area (Å²) in [6.45, 7) is 5.50. The molecule has 0 N–H and O–H groups in total. The van der Waals surface area contributed by atoms with Gasteiger partial charge < -0.3 is 23.8 Å². The average molecular weight is 471 g/mol. The average Bonchev–Trinajstić information content (AvgIpc) is 3.28. The van der Waals surface area contributed by atoms with Gasteiger partial charge in [-0.2, -0.15) is 0 Å². The smallest absolute Gasteiger partial charge is 0.254 e. The predicted molar refractivity (Wildman–Crippen MR) is 129 cm³/mol. The molecule has 0 saturated heterocycles. The molecule has 176 valence electrons. The zero-order valence-corrected chi connectivity index (χ0v) is 20.5. The summed E-state index contributed by atoms with van der Waals surface area (Å²) in [5.74, 6) is 2.65. The minimum Gasteiger partial charge on any atom is -0.497 e. The third-order valence-corrected chi connectivity index (χ3v) is 5.74. The van der Waals surface area contributed by atoms with Crippen LogP contribution in [-0.4, -0.2) is 43.7 Å². The highest BCUT2D eigenvalue weighted by atomic mass is 32.1. The van der Waals surface area contributed by atoms with Gasteiger partial charge in [-0.15, -0.1) is 11.3 Å². The predicted octanol–water partition coefficient (Wildman–Crippen LogP) is 5.05. The fraction of sp³-hybridized carbons (Fsp3) is 0.360. The van der Waals surface area contributed by atoms with E-state index in [4.69, 9.17) is 18.9 Å². The van der Waals surface area contributed by atoms with Crippen LogP contribution in [0.2, 0.25) is 0 Å². The Morgan fingerprint density at radius 3 is 2.36 bits per heavy atom. The number of carbonyl (C=O) groups is 1. The minimum atomic E-state index is -0.0489. The first kappa shape index (κ1) is 24.4. The Kier molecular flexibility index (Phi) is 8.54. The van der Waals surface area contributed by atoms with E-state index in [1.807, 2.05) is 40.6 Å². The van der Waals surface area contributed by atoms with E-state index < -0.39 is 0 Å². The first-order valence-electron chi connectivity index (χ1n) is 10.7. The molecule has 1 amide bonds. The third-order valence-electron chi connectivity index (χ3n) is 4.86. The lowest BCUT2D eigenvalue weighted by Crippen LogP contribution is -2.33. The van der Waals surface area contributed by atoms with Gasteiger partial charge in [0.15, 0.2) is 11.5 Å². The van der Waals surface area contributed by atoms with Gasteiger partial charge in [0.05, 0.1) is 33.6 Å². The van der Waals surface area contributed by atoms with Crippen molar-refractivity contribution in [3.05, 3.63) is 64.1 Å². The highest BCUT2D eigenvalue weighted by Crippen LogP contribution is 2.37. The van der Waals surface area contributed by atoms with E-state index in [-0.39, 0.29) is 12.5 Å². The maximum absolute atomic E-state index is 13.2. The van der Waals surface area contributed by atoms with Crippen LogP contribution in [0.1, 0.15) is 34.9 Å². The molecule has 0 unspecified atom stereocenters. The number of amides is 1. The molecular weight excluding hydrogens is 440 g/mol. The lowest BCUT2D eigenvalue weighted by molar-refractivity contribution is 0.0720. The second-order valence-electron chi connectivity index (χ2n) is 7.82. The van der Waals surface area contributed by atoms with Crippen molar-refractivity contribution in [2.24, 2.45) is 5.92 Å². The Morgan fingerprint density at radius 1 is 1.03 bits per heavy atom. The summed E-state index contributed by atoms with van der Waals surface area (Å²) >= 11 is 1.49. The molecule has 7 nitrogen and oxygen atoms in total. The number of aromatic nitrogens is 1. The van der Waals surface area contributed by atoms with Gasteiger partial charge in [-0.1, -0.05) is 26.0 Å². The lowest BCUT2D eigenvalue weighted by Gasteiger charge is -2.24. The molecule has 33 heavy (non-hydrogen) atoms. The van der Waals surface area contributed by atoms with Crippen LogP contribution in [0.15, 0.2) is 47.8 Å². The van der Waals surface area contributed by atoms with E-state index in [1.165, 1.54) is 11.3 Å². The Hall–Kier alpha value is -3.26. The molecule has 0 atom stereocenters. The van der Waals surface area contributed by atoms with Crippen molar-refractivity contribution < 1.29 is 23.7 Å². The van der Waals surface area contributed by atoms with Crippen LogP contribution < -0.4 is 18.9 Å². The van der Waals surface area contributed by atoms with Crippen LogP contribution >= 0.6 is 11.3 Å². The molecule has 2 aromatic carbocycles. The van der Waals surface area contributed by atoms with Crippen molar-refractivity contribution in [1.82, 2.24) is 9.88 Å². The number of nitrogens with zero attached hydrogens (tertiary/aromatic N) is 2. The molecule has 0 aliphatic heterocycles. The largest absolute Gasteiger partial charge is 0.497 e. The maximum atomic E-state index is 13.2. The summed E-state index contributed by atoms with van der Waals surface area (Å²) in [6.07, 6.45) is 0. The van der Waals surface area contributed by atoms with E-state index in [2.05, 4.69) is 18.8 Å². The zero-order valence-electron chi connectivity index (χ0n) is 19.7. The molecule has 0 bridgehead atoms. The Balaban J connectivity index is 1.72. The van der Waals surface area contributed by atoms with Gasteiger partial charge in [0.1, 0.15) is 17.4 Å². The van der Waals surface area contributed by atoms with E-state index in [0.29, 0.717) is 47.6 Å². The van der Waals surface area contributed by atoms with Crippen LogP contribution in [0.3, 0.4) is 0 Å². The summed E-state index contributed by atoms with van der Waals surface area (Å²) in [5.41, 5.74) is 1.42. The minimum absolute atomic E-state index is 0.0489. The maximum Gasteiger partial charge on any atom is 0.254 e. The van der Waals surface area contributed by atoms with Crippen LogP contribution in [0, 0.1) is 5.92 Å². The van der Waals surface area contributed by atoms with Crippen molar-refractivity contribution >= 4 is 17.2 Å². The topological polar surface area (TPSA) is 70.1 Å². The van der Waals surface area contributed by atoms with Crippen LogP contribution in [0.25, 0.3) is 0 Å². The number of hydrogen-bond donors (Lipinski definition) is 0. The van der Waals surface area contributed by atoms with E-state index in [0.717, 1.165) is 10.7 Å². The second-order valence-corrected chi connectivity index (χ2v) is 8.77. The first-order chi connectivity index (χ1) is 15.9. The summed E-state index contributed by atoms with van der Waals surface area (Å²) in [6, 6.07) is 12.7. The van der Waals surface area contributed by atoms with Gasteiger partial charge >= 0.3 is 0 Å². The highest BCUT2D eigenvalue weighted by molar-refractivity contribution is 7.09. The van der Waals surface area contributed by atoms with E-state index in [9.17, 15) is 4.79 Å². The van der Waals surface area contributed by atoms with Gasteiger partial charge in [0.2, 0.25) is 5.75 Å². The lowest BCUT2D eigenvalue weighted by atomic mass is 10.1. The summed E-state index contributed by atoms with van der Waals surface area (Å²) in [4.78, 5) is 19.7. The number of para-hydroxylation sites is 1. The third kappa shape index (κ3) is 6.38. The van der Waals surface area contributed by atoms with Crippen molar-refractivity contribution in [2.45, 2.75) is 27.0 Å². The van der Waals surface area contributed by atoms with Crippen molar-refractivity contribution in [3.63, 3.8) is 0 Å². The number of benzene rings is 2. The SMILES string of the molecule is COc1cccc(C(=O)N(Cc2csc(COc3c(OC)cccc3OC)n2)CC(C)C)c1. The molecular formula is C25H30N2O5S. The molecule has 1 heterocycles. The molecule has 0 aliphatic carbocycles. The molecule has 8 heteroatoms. The van der Waals surface area contributed by atoms with Crippen molar-refractivity contribution in [2.75, 3.05) is 27.9 Å². The highest BCUT2D eigenvalue weighted by Gasteiger charge is 2.20. The van der Waals surface area contributed by atoms with E-state index in [1.54, 1.807) is 33.5 Å². The fourth-order valence-electron chi connectivity index (χ4n) is 3.38. The molecule has 0 fully saturated rings.